The predicted molar refractivity (Wildman–Crippen MR) is 78.9 cm³/mol. The van der Waals surface area contributed by atoms with Crippen LogP contribution in [0.4, 0.5) is 11.4 Å². The zero-order valence-corrected chi connectivity index (χ0v) is 11.7. The summed E-state index contributed by atoms with van der Waals surface area (Å²) >= 11 is 0. The number of nitrogens with zero attached hydrogens (tertiary/aromatic N) is 1. The minimum absolute atomic E-state index is 0.108. The van der Waals surface area contributed by atoms with E-state index in [1.165, 1.54) is 5.56 Å². The Kier molecular flexibility index (Phi) is 3.22. The van der Waals surface area contributed by atoms with Gasteiger partial charge in [-0.1, -0.05) is 0 Å². The van der Waals surface area contributed by atoms with Gasteiger partial charge in [-0.25, -0.2) is 0 Å². The van der Waals surface area contributed by atoms with Gasteiger partial charge in [0.1, 0.15) is 0 Å². The molecule has 20 heavy (non-hydrogen) atoms. The molecule has 1 atom stereocenters. The fraction of sp³-hybridized carbons (Fsp3) is 0.312. The molecule has 3 rings (SSSR count). The summed E-state index contributed by atoms with van der Waals surface area (Å²) in [6, 6.07) is 8.33. The number of hydrogen-bond acceptors (Lipinski definition) is 3. The lowest BCUT2D eigenvalue weighted by Crippen LogP contribution is -2.25. The Labute approximate surface area is 118 Å². The van der Waals surface area contributed by atoms with E-state index in [0.717, 1.165) is 29.9 Å². The second kappa shape index (κ2) is 5.04. The highest BCUT2D eigenvalue weighted by molar-refractivity contribution is 5.94. The largest absolute Gasteiger partial charge is 0.472 e. The van der Waals surface area contributed by atoms with E-state index in [2.05, 4.69) is 18.3 Å². The van der Waals surface area contributed by atoms with Gasteiger partial charge in [-0.05, 0) is 43.2 Å². The van der Waals surface area contributed by atoms with Crippen molar-refractivity contribution in [2.75, 3.05) is 16.8 Å². The predicted octanol–water partition coefficient (Wildman–Crippen LogP) is 3.36. The Balaban J connectivity index is 1.78. The molecule has 2 heterocycles. The molecule has 0 bridgehead atoms. The number of nitrogens with one attached hydrogen (secondary N) is 1. The number of amides is 1. The fourth-order valence-electron chi connectivity index (χ4n) is 2.67. The normalized spacial score (nSPS) is 15.0. The number of carbonyl (C=O) groups is 1. The van der Waals surface area contributed by atoms with Crippen LogP contribution in [0.25, 0.3) is 0 Å². The van der Waals surface area contributed by atoms with E-state index in [9.17, 15) is 4.79 Å². The minimum atomic E-state index is 0.108. The molecule has 1 aromatic heterocycles. The van der Waals surface area contributed by atoms with Gasteiger partial charge in [0.15, 0.2) is 0 Å². The maximum atomic E-state index is 11.5. The molecule has 1 amide bonds. The number of hydrogen-bond donors (Lipinski definition) is 1. The summed E-state index contributed by atoms with van der Waals surface area (Å²) in [5.74, 6) is 0.108. The Morgan fingerprint density at radius 3 is 2.95 bits per heavy atom. The fourth-order valence-corrected chi connectivity index (χ4v) is 2.67. The quantitative estimate of drug-likeness (QED) is 0.930. The SMILES string of the molecule is CC(=O)N1CCc2cc(NC(C)c3ccoc3)ccc21. The highest BCUT2D eigenvalue weighted by atomic mass is 16.3. The molecule has 0 radical (unpaired) electrons. The molecule has 0 aliphatic carbocycles. The van der Waals surface area contributed by atoms with Gasteiger partial charge in [-0.3, -0.25) is 4.79 Å². The van der Waals surface area contributed by atoms with E-state index in [1.54, 1.807) is 19.5 Å². The summed E-state index contributed by atoms with van der Waals surface area (Å²) in [5.41, 5.74) is 4.46. The van der Waals surface area contributed by atoms with E-state index in [1.807, 2.05) is 23.1 Å². The van der Waals surface area contributed by atoms with E-state index in [4.69, 9.17) is 4.42 Å². The number of benzene rings is 1. The molecule has 2 aromatic rings. The lowest BCUT2D eigenvalue weighted by Gasteiger charge is -2.17. The average molecular weight is 270 g/mol. The standard InChI is InChI=1S/C16H18N2O2/c1-11(14-6-8-20-10-14)17-15-3-4-16-13(9-15)5-7-18(16)12(2)19/h3-4,6,8-11,17H,5,7H2,1-2H3. The van der Waals surface area contributed by atoms with Crippen molar-refractivity contribution in [1.29, 1.82) is 0 Å². The third-order valence-corrected chi connectivity index (χ3v) is 3.78. The average Bonchev–Trinajstić information content (AvgIpc) is 3.07. The van der Waals surface area contributed by atoms with Gasteiger partial charge in [-0.15, -0.1) is 0 Å². The molecule has 1 N–H and O–H groups in total. The van der Waals surface area contributed by atoms with Crippen molar-refractivity contribution in [3.8, 4) is 0 Å². The zero-order valence-electron chi connectivity index (χ0n) is 11.7. The van der Waals surface area contributed by atoms with Crippen LogP contribution < -0.4 is 10.2 Å². The summed E-state index contributed by atoms with van der Waals surface area (Å²) in [4.78, 5) is 13.4. The number of fused-ring (bicyclic) bond motifs is 1. The molecule has 104 valence electrons. The van der Waals surface area contributed by atoms with Gasteiger partial charge < -0.3 is 14.6 Å². The first-order valence-corrected chi connectivity index (χ1v) is 6.85. The zero-order chi connectivity index (χ0) is 14.1. The van der Waals surface area contributed by atoms with Crippen LogP contribution in [0.15, 0.2) is 41.2 Å². The summed E-state index contributed by atoms with van der Waals surface area (Å²) in [6.45, 7) is 4.49. The van der Waals surface area contributed by atoms with Crippen LogP contribution in [0.3, 0.4) is 0 Å². The third kappa shape index (κ3) is 2.29. The molecular formula is C16H18N2O2. The van der Waals surface area contributed by atoms with Crippen molar-refractivity contribution >= 4 is 17.3 Å². The van der Waals surface area contributed by atoms with E-state index >= 15 is 0 Å². The molecule has 1 unspecified atom stereocenters. The highest BCUT2D eigenvalue weighted by Crippen LogP contribution is 2.31. The second-order valence-corrected chi connectivity index (χ2v) is 5.19. The van der Waals surface area contributed by atoms with Gasteiger partial charge >= 0.3 is 0 Å². The van der Waals surface area contributed by atoms with Gasteiger partial charge in [-0.2, -0.15) is 0 Å². The van der Waals surface area contributed by atoms with Gasteiger partial charge in [0.2, 0.25) is 5.91 Å². The molecule has 0 saturated heterocycles. The molecule has 1 aromatic carbocycles. The Bertz CT molecular complexity index is 619. The molecule has 0 spiro atoms. The van der Waals surface area contributed by atoms with E-state index < -0.39 is 0 Å². The summed E-state index contributed by atoms with van der Waals surface area (Å²) in [6.07, 6.45) is 4.36. The Morgan fingerprint density at radius 2 is 2.25 bits per heavy atom. The van der Waals surface area contributed by atoms with Crippen LogP contribution in [0, 0.1) is 0 Å². The maximum absolute atomic E-state index is 11.5. The van der Waals surface area contributed by atoms with E-state index in [0.29, 0.717) is 0 Å². The van der Waals surface area contributed by atoms with Crippen molar-refractivity contribution in [2.45, 2.75) is 26.3 Å². The molecule has 1 aliphatic rings. The maximum Gasteiger partial charge on any atom is 0.223 e. The molecule has 1 aliphatic heterocycles. The van der Waals surface area contributed by atoms with Crippen molar-refractivity contribution in [2.24, 2.45) is 0 Å². The highest BCUT2D eigenvalue weighted by Gasteiger charge is 2.22. The minimum Gasteiger partial charge on any atom is -0.472 e. The van der Waals surface area contributed by atoms with Crippen LogP contribution in [-0.2, 0) is 11.2 Å². The first kappa shape index (κ1) is 12.8. The second-order valence-electron chi connectivity index (χ2n) is 5.19. The van der Waals surface area contributed by atoms with Gasteiger partial charge in [0.05, 0.1) is 18.6 Å². The molecule has 4 heteroatoms. The topological polar surface area (TPSA) is 45.5 Å². The van der Waals surface area contributed by atoms with Crippen LogP contribution in [0.1, 0.15) is 31.0 Å². The Hall–Kier alpha value is -2.23. The number of furan rings is 1. The van der Waals surface area contributed by atoms with Crippen LogP contribution in [0.5, 0.6) is 0 Å². The third-order valence-electron chi connectivity index (χ3n) is 3.78. The van der Waals surface area contributed by atoms with Gasteiger partial charge in [0.25, 0.3) is 0 Å². The van der Waals surface area contributed by atoms with E-state index in [-0.39, 0.29) is 11.9 Å². The molecule has 0 fully saturated rings. The molecular weight excluding hydrogens is 252 g/mol. The van der Waals surface area contributed by atoms with Crippen molar-refractivity contribution in [3.05, 3.63) is 47.9 Å². The van der Waals surface area contributed by atoms with Crippen LogP contribution >= 0.6 is 0 Å². The number of anilines is 2. The van der Waals surface area contributed by atoms with Crippen molar-refractivity contribution in [3.63, 3.8) is 0 Å². The lowest BCUT2D eigenvalue weighted by molar-refractivity contribution is -0.116. The van der Waals surface area contributed by atoms with Crippen molar-refractivity contribution in [1.82, 2.24) is 0 Å². The lowest BCUT2D eigenvalue weighted by atomic mass is 10.1. The smallest absolute Gasteiger partial charge is 0.223 e. The van der Waals surface area contributed by atoms with Crippen LogP contribution in [-0.4, -0.2) is 12.5 Å². The summed E-state index contributed by atoms with van der Waals surface area (Å²) < 4.78 is 5.10. The van der Waals surface area contributed by atoms with Crippen molar-refractivity contribution < 1.29 is 9.21 Å². The summed E-state index contributed by atoms with van der Waals surface area (Å²) in [7, 11) is 0. The monoisotopic (exact) mass is 270 g/mol. The molecule has 0 saturated carbocycles. The molecule has 4 nitrogen and oxygen atoms in total. The summed E-state index contributed by atoms with van der Waals surface area (Å²) in [5, 5.41) is 3.45. The Morgan fingerprint density at radius 1 is 1.40 bits per heavy atom. The number of carbonyl (C=O) groups excluding carboxylic acids is 1. The number of rotatable bonds is 3. The first-order valence-electron chi connectivity index (χ1n) is 6.85. The van der Waals surface area contributed by atoms with Crippen LogP contribution in [0.2, 0.25) is 0 Å². The first-order chi connectivity index (χ1) is 9.65. The van der Waals surface area contributed by atoms with Gasteiger partial charge in [0, 0.05) is 30.4 Å².